The van der Waals surface area contributed by atoms with E-state index in [1.54, 1.807) is 0 Å². The molecule has 0 aliphatic heterocycles. The summed E-state index contributed by atoms with van der Waals surface area (Å²) in [4.78, 5) is 0. The second-order valence-corrected chi connectivity index (χ2v) is 14.5. The summed E-state index contributed by atoms with van der Waals surface area (Å²) in [6.45, 7) is 0. The zero-order chi connectivity index (χ0) is 29.2. The van der Waals surface area contributed by atoms with E-state index in [4.69, 9.17) is 8.83 Å². The van der Waals surface area contributed by atoms with Gasteiger partial charge in [0.25, 0.3) is 0 Å². The van der Waals surface area contributed by atoms with Gasteiger partial charge in [-0.05, 0) is 93.7 Å². The standard InChI is InChI=1S/C40H20O2S3/c1-3-7-33-23(5-1)29-17-21(9-11-35(29)41-33)27-19-31-32-20-28(22-10-12-36-30(18-22)24-6-2-4-8-34(24)42-36)26-14-16-44-38(26)40(32)45-39(31)37-25(27)13-15-43-37/h1-20H. The molecule has 0 atom stereocenters. The number of rotatable bonds is 2. The first-order valence-corrected chi connectivity index (χ1v) is 17.5. The van der Waals surface area contributed by atoms with E-state index in [1.807, 2.05) is 58.3 Å². The largest absolute Gasteiger partial charge is 0.456 e. The van der Waals surface area contributed by atoms with E-state index in [0.717, 1.165) is 43.9 Å². The first-order chi connectivity index (χ1) is 22.3. The highest BCUT2D eigenvalue weighted by molar-refractivity contribution is 7.33. The molecule has 5 heterocycles. The Labute approximate surface area is 268 Å². The Bertz CT molecular complexity index is 2790. The Hall–Kier alpha value is -4.94. The van der Waals surface area contributed by atoms with Gasteiger partial charge < -0.3 is 8.83 Å². The van der Waals surface area contributed by atoms with Crippen molar-refractivity contribution in [3.8, 4) is 22.3 Å². The van der Waals surface area contributed by atoms with Crippen LogP contribution < -0.4 is 0 Å². The zero-order valence-corrected chi connectivity index (χ0v) is 26.0. The molecule has 0 aliphatic rings. The molecule has 0 amide bonds. The van der Waals surface area contributed by atoms with Crippen LogP contribution in [0, 0.1) is 0 Å². The lowest BCUT2D eigenvalue weighted by Crippen LogP contribution is -1.82. The number of hydrogen-bond acceptors (Lipinski definition) is 5. The molecule has 0 saturated heterocycles. The number of para-hydroxylation sites is 2. The summed E-state index contributed by atoms with van der Waals surface area (Å²) in [6, 6.07) is 39.4. The SMILES string of the molecule is c1ccc2c(c1)oc1ccc(-c3cc4c5cc(-c6ccc7oc8ccccc8c7c6)c6ccsc6c5sc4c4sccc34)cc12. The summed E-state index contributed by atoms with van der Waals surface area (Å²) >= 11 is 5.63. The quantitative estimate of drug-likeness (QED) is 0.190. The highest BCUT2D eigenvalue weighted by Crippen LogP contribution is 2.50. The molecular formula is C40H20O2S3. The molecule has 45 heavy (non-hydrogen) atoms. The first-order valence-electron chi connectivity index (χ1n) is 14.9. The molecule has 5 heteroatoms. The number of fused-ring (bicyclic) bond motifs is 13. The van der Waals surface area contributed by atoms with Gasteiger partial charge in [0.1, 0.15) is 22.3 Å². The molecule has 0 unspecified atom stereocenters. The van der Waals surface area contributed by atoms with Crippen molar-refractivity contribution in [2.75, 3.05) is 0 Å². The van der Waals surface area contributed by atoms with E-state index in [0.29, 0.717) is 0 Å². The lowest BCUT2D eigenvalue weighted by Gasteiger charge is -2.08. The van der Waals surface area contributed by atoms with Crippen molar-refractivity contribution < 1.29 is 8.83 Å². The van der Waals surface area contributed by atoms with Gasteiger partial charge in [-0.2, -0.15) is 0 Å². The minimum absolute atomic E-state index is 0.927. The van der Waals surface area contributed by atoms with Crippen molar-refractivity contribution in [3.63, 3.8) is 0 Å². The lowest BCUT2D eigenvalue weighted by atomic mass is 9.95. The topological polar surface area (TPSA) is 26.3 Å². The maximum atomic E-state index is 6.16. The third kappa shape index (κ3) is 3.32. The third-order valence-corrected chi connectivity index (χ3v) is 12.6. The van der Waals surface area contributed by atoms with Gasteiger partial charge in [0, 0.05) is 43.1 Å². The molecule has 0 spiro atoms. The fourth-order valence-corrected chi connectivity index (χ4v) is 10.6. The Kier molecular flexibility index (Phi) is 4.78. The molecule has 5 aromatic heterocycles. The van der Waals surface area contributed by atoms with Crippen LogP contribution in [0.1, 0.15) is 0 Å². The molecule has 0 radical (unpaired) electrons. The molecule has 11 aromatic rings. The van der Waals surface area contributed by atoms with Crippen molar-refractivity contribution in [2.45, 2.75) is 0 Å². The van der Waals surface area contributed by atoms with Crippen LogP contribution >= 0.6 is 34.0 Å². The maximum Gasteiger partial charge on any atom is 0.135 e. The van der Waals surface area contributed by atoms with E-state index in [1.165, 1.54) is 62.6 Å². The predicted octanol–water partition coefficient (Wildman–Crippen LogP) is 13.6. The summed E-state index contributed by atoms with van der Waals surface area (Å²) in [5.41, 5.74) is 8.68. The van der Waals surface area contributed by atoms with E-state index in [9.17, 15) is 0 Å². The number of benzene rings is 6. The number of thiophene rings is 3. The van der Waals surface area contributed by atoms with Crippen molar-refractivity contribution in [2.24, 2.45) is 0 Å². The van der Waals surface area contributed by atoms with E-state index in [-0.39, 0.29) is 0 Å². The molecule has 0 bridgehead atoms. The van der Waals surface area contributed by atoms with Gasteiger partial charge in [-0.3, -0.25) is 0 Å². The normalized spacial score (nSPS) is 12.4. The van der Waals surface area contributed by atoms with Crippen LogP contribution in [0.4, 0.5) is 0 Å². The molecule has 6 aromatic carbocycles. The average Bonchev–Trinajstić information content (AvgIpc) is 3.91. The molecule has 210 valence electrons. The third-order valence-electron chi connectivity index (χ3n) is 9.26. The van der Waals surface area contributed by atoms with E-state index < -0.39 is 0 Å². The highest BCUT2D eigenvalue weighted by Gasteiger charge is 2.20. The second-order valence-electron chi connectivity index (χ2n) is 11.6. The summed E-state index contributed by atoms with van der Waals surface area (Å²) in [5, 5.41) is 14.4. The van der Waals surface area contributed by atoms with Crippen LogP contribution in [0.15, 0.2) is 129 Å². The minimum Gasteiger partial charge on any atom is -0.456 e. The molecule has 0 aliphatic carbocycles. The zero-order valence-electron chi connectivity index (χ0n) is 23.6. The van der Waals surface area contributed by atoms with Gasteiger partial charge in [-0.1, -0.05) is 48.5 Å². The Morgan fingerprint density at radius 1 is 0.356 bits per heavy atom. The molecule has 0 N–H and O–H groups in total. The van der Waals surface area contributed by atoms with Crippen molar-refractivity contribution in [3.05, 3.63) is 120 Å². The highest BCUT2D eigenvalue weighted by atomic mass is 32.1. The van der Waals surface area contributed by atoms with Gasteiger partial charge in [0.2, 0.25) is 0 Å². The summed E-state index contributed by atoms with van der Waals surface area (Å²) in [6.07, 6.45) is 0. The molecular weight excluding hydrogens is 609 g/mol. The Balaban J connectivity index is 1.20. The maximum absolute atomic E-state index is 6.16. The predicted molar refractivity (Wildman–Crippen MR) is 196 cm³/mol. The molecule has 2 nitrogen and oxygen atoms in total. The Morgan fingerprint density at radius 3 is 1.33 bits per heavy atom. The molecule has 11 rings (SSSR count). The van der Waals surface area contributed by atoms with Gasteiger partial charge >= 0.3 is 0 Å². The molecule has 0 fully saturated rings. The van der Waals surface area contributed by atoms with E-state index in [2.05, 4.69) is 95.7 Å². The lowest BCUT2D eigenvalue weighted by molar-refractivity contribution is 0.668. The summed E-state index contributed by atoms with van der Waals surface area (Å²) in [7, 11) is 0. The first kappa shape index (κ1) is 24.4. The van der Waals surface area contributed by atoms with Crippen LogP contribution in [-0.2, 0) is 0 Å². The van der Waals surface area contributed by atoms with Crippen molar-refractivity contribution in [1.29, 1.82) is 0 Å². The monoisotopic (exact) mass is 628 g/mol. The van der Waals surface area contributed by atoms with Crippen LogP contribution in [0.2, 0.25) is 0 Å². The van der Waals surface area contributed by atoms with Crippen LogP contribution in [0.3, 0.4) is 0 Å². The fraction of sp³-hybridized carbons (Fsp3) is 0. The van der Waals surface area contributed by atoms with Gasteiger partial charge in [0.05, 0.1) is 18.8 Å². The van der Waals surface area contributed by atoms with Gasteiger partial charge in [0.15, 0.2) is 0 Å². The van der Waals surface area contributed by atoms with Gasteiger partial charge in [-0.25, -0.2) is 0 Å². The van der Waals surface area contributed by atoms with Crippen molar-refractivity contribution in [1.82, 2.24) is 0 Å². The average molecular weight is 629 g/mol. The van der Waals surface area contributed by atoms with E-state index >= 15 is 0 Å². The minimum atomic E-state index is 0.927. The Morgan fingerprint density at radius 2 is 0.822 bits per heavy atom. The molecule has 0 saturated carbocycles. The number of hydrogen-bond donors (Lipinski definition) is 0. The van der Waals surface area contributed by atoms with Crippen LogP contribution in [0.5, 0.6) is 0 Å². The fourth-order valence-electron chi connectivity index (χ4n) is 7.18. The van der Waals surface area contributed by atoms with Crippen LogP contribution in [-0.4, -0.2) is 0 Å². The van der Waals surface area contributed by atoms with Crippen LogP contribution in [0.25, 0.3) is 106 Å². The second kappa shape index (κ2) is 8.83. The van der Waals surface area contributed by atoms with Crippen molar-refractivity contribution >= 4 is 118 Å². The summed E-state index contributed by atoms with van der Waals surface area (Å²) < 4.78 is 17.8. The smallest absolute Gasteiger partial charge is 0.135 e. The number of furan rings is 2. The summed E-state index contributed by atoms with van der Waals surface area (Å²) in [5.74, 6) is 0. The van der Waals surface area contributed by atoms with Gasteiger partial charge in [-0.15, -0.1) is 34.0 Å².